The van der Waals surface area contributed by atoms with Crippen LogP contribution in [0.5, 0.6) is 17.2 Å². The fourth-order valence-corrected chi connectivity index (χ4v) is 3.41. The lowest BCUT2D eigenvalue weighted by Crippen LogP contribution is -2.12. The van der Waals surface area contributed by atoms with Gasteiger partial charge < -0.3 is 14.2 Å². The first kappa shape index (κ1) is 18.7. The van der Waals surface area contributed by atoms with Gasteiger partial charge >= 0.3 is 0 Å². The first-order chi connectivity index (χ1) is 13.1. The summed E-state index contributed by atoms with van der Waals surface area (Å²) >= 11 is 1.31. The molecule has 3 rings (SSSR count). The number of hydrogen-bond donors (Lipinski definition) is 1. The zero-order valence-corrected chi connectivity index (χ0v) is 16.2. The molecule has 0 radical (unpaired) electrons. The predicted octanol–water partition coefficient (Wildman–Crippen LogP) is 3.79. The molecule has 0 aliphatic rings. The van der Waals surface area contributed by atoms with Gasteiger partial charge in [0.05, 0.1) is 21.3 Å². The number of ether oxygens (including phenoxy) is 3. The van der Waals surface area contributed by atoms with Crippen molar-refractivity contribution < 1.29 is 19.0 Å². The second-order valence-electron chi connectivity index (χ2n) is 5.60. The Balaban J connectivity index is 1.85. The van der Waals surface area contributed by atoms with E-state index in [1.54, 1.807) is 12.1 Å². The molecule has 0 aliphatic carbocycles. The molecule has 8 heteroatoms. The lowest BCUT2D eigenvalue weighted by molar-refractivity contribution is 0.102. The van der Waals surface area contributed by atoms with Crippen LogP contribution in [0.4, 0.5) is 5.13 Å². The predicted molar refractivity (Wildman–Crippen MR) is 104 cm³/mol. The number of anilines is 1. The number of nitrogens with zero attached hydrogens (tertiary/aromatic N) is 2. The molecule has 1 N–H and O–H groups in total. The maximum atomic E-state index is 12.6. The average molecular weight is 385 g/mol. The zero-order valence-electron chi connectivity index (χ0n) is 15.4. The maximum absolute atomic E-state index is 12.6. The summed E-state index contributed by atoms with van der Waals surface area (Å²) in [4.78, 5) is 12.6. The topological polar surface area (TPSA) is 82.6 Å². The molecule has 2 aromatic carbocycles. The number of nitrogens with one attached hydrogen (secondary N) is 1. The standard InChI is InChI=1S/C19H19N3O4S/c1-11-7-5-6-8-13(11)18-21-22-19(27-18)20-17(23)12-9-14(24-2)16(26-4)15(10-12)25-3/h5-10H,1-4H3,(H,20,22,23). The molecule has 1 aromatic heterocycles. The average Bonchev–Trinajstić information content (AvgIpc) is 3.15. The van der Waals surface area contributed by atoms with Gasteiger partial charge in [-0.25, -0.2) is 0 Å². The summed E-state index contributed by atoms with van der Waals surface area (Å²) in [5.41, 5.74) is 2.44. The highest BCUT2D eigenvalue weighted by atomic mass is 32.1. The zero-order chi connectivity index (χ0) is 19.4. The van der Waals surface area contributed by atoms with Gasteiger partial charge in [0.2, 0.25) is 10.9 Å². The van der Waals surface area contributed by atoms with Gasteiger partial charge in [0.1, 0.15) is 5.01 Å². The normalized spacial score (nSPS) is 10.4. The highest BCUT2D eigenvalue weighted by molar-refractivity contribution is 7.18. The summed E-state index contributed by atoms with van der Waals surface area (Å²) in [6, 6.07) is 11.1. The molecule has 1 heterocycles. The van der Waals surface area contributed by atoms with E-state index in [9.17, 15) is 4.79 Å². The third-order valence-corrected chi connectivity index (χ3v) is 4.82. The minimum atomic E-state index is -0.346. The summed E-state index contributed by atoms with van der Waals surface area (Å²) in [6.07, 6.45) is 0. The molecule has 0 saturated carbocycles. The Bertz CT molecular complexity index is 946. The van der Waals surface area contributed by atoms with E-state index >= 15 is 0 Å². The highest BCUT2D eigenvalue weighted by Gasteiger charge is 2.18. The molecule has 0 fully saturated rings. The van der Waals surface area contributed by atoms with Gasteiger partial charge in [0.25, 0.3) is 5.91 Å². The lowest BCUT2D eigenvalue weighted by atomic mass is 10.1. The van der Waals surface area contributed by atoms with Crippen molar-refractivity contribution in [3.8, 4) is 27.8 Å². The molecular weight excluding hydrogens is 366 g/mol. The molecule has 7 nitrogen and oxygen atoms in total. The molecule has 3 aromatic rings. The number of amides is 1. The van der Waals surface area contributed by atoms with E-state index in [-0.39, 0.29) is 5.91 Å². The molecule has 0 bridgehead atoms. The van der Waals surface area contributed by atoms with Gasteiger partial charge in [-0.3, -0.25) is 10.1 Å². The minimum Gasteiger partial charge on any atom is -0.493 e. The number of rotatable bonds is 6. The number of hydrogen-bond acceptors (Lipinski definition) is 7. The fourth-order valence-electron chi connectivity index (χ4n) is 2.58. The van der Waals surface area contributed by atoms with Gasteiger partial charge in [-0.2, -0.15) is 0 Å². The monoisotopic (exact) mass is 385 g/mol. The number of carbonyl (C=O) groups excluding carboxylic acids is 1. The second kappa shape index (κ2) is 8.05. The molecule has 0 spiro atoms. The number of aryl methyl sites for hydroxylation is 1. The van der Waals surface area contributed by atoms with Crippen LogP contribution in [-0.2, 0) is 0 Å². The van der Waals surface area contributed by atoms with E-state index < -0.39 is 0 Å². The number of carbonyl (C=O) groups is 1. The Morgan fingerprint density at radius 2 is 1.67 bits per heavy atom. The van der Waals surface area contributed by atoms with Gasteiger partial charge in [0.15, 0.2) is 11.5 Å². The van der Waals surface area contributed by atoms with Crippen LogP contribution >= 0.6 is 11.3 Å². The van der Waals surface area contributed by atoms with Crippen LogP contribution in [0.25, 0.3) is 10.6 Å². The van der Waals surface area contributed by atoms with Crippen molar-refractivity contribution in [3.63, 3.8) is 0 Å². The maximum Gasteiger partial charge on any atom is 0.257 e. The van der Waals surface area contributed by atoms with E-state index in [0.29, 0.717) is 27.9 Å². The van der Waals surface area contributed by atoms with E-state index in [1.165, 1.54) is 32.7 Å². The molecule has 0 unspecified atom stereocenters. The van der Waals surface area contributed by atoms with Crippen LogP contribution in [0.2, 0.25) is 0 Å². The third kappa shape index (κ3) is 3.85. The minimum absolute atomic E-state index is 0.346. The van der Waals surface area contributed by atoms with Crippen LogP contribution < -0.4 is 19.5 Å². The molecule has 0 atom stereocenters. The van der Waals surface area contributed by atoms with Crippen molar-refractivity contribution in [2.24, 2.45) is 0 Å². The Labute approximate surface area is 160 Å². The third-order valence-electron chi connectivity index (χ3n) is 3.95. The summed E-state index contributed by atoms with van der Waals surface area (Å²) in [5, 5.41) is 12.2. The summed E-state index contributed by atoms with van der Waals surface area (Å²) in [5.74, 6) is 0.885. The summed E-state index contributed by atoms with van der Waals surface area (Å²) in [6.45, 7) is 2.00. The quantitative estimate of drug-likeness (QED) is 0.695. The van der Waals surface area contributed by atoms with E-state index in [1.807, 2.05) is 31.2 Å². The van der Waals surface area contributed by atoms with Crippen LogP contribution in [0.15, 0.2) is 36.4 Å². The molecule has 0 saturated heterocycles. The SMILES string of the molecule is COc1cc(C(=O)Nc2nnc(-c3ccccc3C)s2)cc(OC)c1OC. The Hall–Kier alpha value is -3.13. The van der Waals surface area contributed by atoms with Crippen LogP contribution in [0.3, 0.4) is 0 Å². The Morgan fingerprint density at radius 3 is 2.26 bits per heavy atom. The van der Waals surface area contributed by atoms with E-state index in [4.69, 9.17) is 14.2 Å². The summed E-state index contributed by atoms with van der Waals surface area (Å²) < 4.78 is 15.8. The number of aromatic nitrogens is 2. The van der Waals surface area contributed by atoms with Crippen molar-refractivity contribution >= 4 is 22.4 Å². The van der Waals surface area contributed by atoms with Gasteiger partial charge in [-0.1, -0.05) is 35.6 Å². The van der Waals surface area contributed by atoms with Crippen LogP contribution in [-0.4, -0.2) is 37.4 Å². The number of methoxy groups -OCH3 is 3. The van der Waals surface area contributed by atoms with Crippen LogP contribution in [0, 0.1) is 6.92 Å². The highest BCUT2D eigenvalue weighted by Crippen LogP contribution is 2.38. The molecule has 1 amide bonds. The van der Waals surface area contributed by atoms with Crippen LogP contribution in [0.1, 0.15) is 15.9 Å². The summed E-state index contributed by atoms with van der Waals surface area (Å²) in [7, 11) is 4.50. The molecule has 27 heavy (non-hydrogen) atoms. The fraction of sp³-hybridized carbons (Fsp3) is 0.211. The van der Waals surface area contributed by atoms with Crippen molar-refractivity contribution in [1.82, 2.24) is 10.2 Å². The Morgan fingerprint density at radius 1 is 1.00 bits per heavy atom. The van der Waals surface area contributed by atoms with Gasteiger partial charge in [0, 0.05) is 11.1 Å². The van der Waals surface area contributed by atoms with Crippen molar-refractivity contribution in [2.45, 2.75) is 6.92 Å². The van der Waals surface area contributed by atoms with E-state index in [2.05, 4.69) is 15.5 Å². The largest absolute Gasteiger partial charge is 0.493 e. The Kier molecular flexibility index (Phi) is 5.56. The first-order valence-electron chi connectivity index (χ1n) is 8.08. The van der Waals surface area contributed by atoms with Gasteiger partial charge in [-0.05, 0) is 24.6 Å². The molecular formula is C19H19N3O4S. The second-order valence-corrected chi connectivity index (χ2v) is 6.57. The lowest BCUT2D eigenvalue weighted by Gasteiger charge is -2.13. The number of benzene rings is 2. The van der Waals surface area contributed by atoms with Crippen molar-refractivity contribution in [1.29, 1.82) is 0 Å². The smallest absolute Gasteiger partial charge is 0.257 e. The van der Waals surface area contributed by atoms with Gasteiger partial charge in [-0.15, -0.1) is 10.2 Å². The molecule has 140 valence electrons. The first-order valence-corrected chi connectivity index (χ1v) is 8.90. The van der Waals surface area contributed by atoms with Crippen molar-refractivity contribution in [2.75, 3.05) is 26.6 Å². The van der Waals surface area contributed by atoms with E-state index in [0.717, 1.165) is 16.1 Å². The molecule has 0 aliphatic heterocycles. The van der Waals surface area contributed by atoms with Crippen molar-refractivity contribution in [3.05, 3.63) is 47.5 Å².